The highest BCUT2D eigenvalue weighted by molar-refractivity contribution is 4.96. The Morgan fingerprint density at radius 1 is 1.56 bits per heavy atom. The molecule has 0 aliphatic heterocycles. The first-order valence-electron chi connectivity index (χ1n) is 5.95. The molecule has 1 atom stereocenters. The SMILES string of the molecule is CC(CCn1cncn1)NC1(CO)CCC1. The van der Waals surface area contributed by atoms with E-state index in [4.69, 9.17) is 0 Å². The zero-order valence-electron chi connectivity index (χ0n) is 9.76. The smallest absolute Gasteiger partial charge is 0.137 e. The minimum atomic E-state index is 0.00177. The minimum Gasteiger partial charge on any atom is -0.394 e. The van der Waals surface area contributed by atoms with Gasteiger partial charge in [0.25, 0.3) is 0 Å². The van der Waals surface area contributed by atoms with Crippen LogP contribution in [0.5, 0.6) is 0 Å². The molecule has 0 radical (unpaired) electrons. The Morgan fingerprint density at radius 3 is 2.88 bits per heavy atom. The van der Waals surface area contributed by atoms with E-state index in [2.05, 4.69) is 22.3 Å². The van der Waals surface area contributed by atoms with E-state index < -0.39 is 0 Å². The Balaban J connectivity index is 1.73. The van der Waals surface area contributed by atoms with Crippen LogP contribution in [0, 0.1) is 0 Å². The summed E-state index contributed by atoms with van der Waals surface area (Å²) in [4.78, 5) is 3.91. The van der Waals surface area contributed by atoms with Gasteiger partial charge in [-0.3, -0.25) is 4.68 Å². The van der Waals surface area contributed by atoms with Crippen LogP contribution in [0.25, 0.3) is 0 Å². The minimum absolute atomic E-state index is 0.00177. The van der Waals surface area contributed by atoms with E-state index in [1.165, 1.54) is 6.42 Å². The summed E-state index contributed by atoms with van der Waals surface area (Å²) < 4.78 is 1.84. The Morgan fingerprint density at radius 2 is 2.38 bits per heavy atom. The van der Waals surface area contributed by atoms with Crippen molar-refractivity contribution in [2.75, 3.05) is 6.61 Å². The maximum absolute atomic E-state index is 9.35. The molecule has 0 bridgehead atoms. The fourth-order valence-corrected chi connectivity index (χ4v) is 2.22. The highest BCUT2D eigenvalue weighted by atomic mass is 16.3. The number of rotatable bonds is 6. The van der Waals surface area contributed by atoms with Crippen molar-refractivity contribution in [2.45, 2.75) is 50.7 Å². The molecule has 1 heterocycles. The zero-order chi connectivity index (χ0) is 11.4. The molecular weight excluding hydrogens is 204 g/mol. The average molecular weight is 224 g/mol. The van der Waals surface area contributed by atoms with Crippen molar-refractivity contribution in [3.05, 3.63) is 12.7 Å². The fourth-order valence-electron chi connectivity index (χ4n) is 2.22. The van der Waals surface area contributed by atoms with Crippen molar-refractivity contribution in [3.8, 4) is 0 Å². The lowest BCUT2D eigenvalue weighted by atomic mass is 9.77. The standard InChI is InChI=1S/C11H20N4O/c1-10(3-6-15-9-12-8-13-15)14-11(7-16)4-2-5-11/h8-10,14,16H,2-7H2,1H3. The second-order valence-electron chi connectivity index (χ2n) is 4.78. The molecule has 5 nitrogen and oxygen atoms in total. The normalized spacial score (nSPS) is 20.4. The van der Waals surface area contributed by atoms with E-state index in [0.717, 1.165) is 25.8 Å². The molecule has 1 saturated carbocycles. The van der Waals surface area contributed by atoms with E-state index >= 15 is 0 Å². The lowest BCUT2D eigenvalue weighted by molar-refractivity contribution is 0.0769. The molecule has 0 aromatic carbocycles. The summed E-state index contributed by atoms with van der Waals surface area (Å²) in [6, 6.07) is 0.400. The highest BCUT2D eigenvalue weighted by Gasteiger charge is 2.36. The van der Waals surface area contributed by atoms with Crippen LogP contribution < -0.4 is 5.32 Å². The number of nitrogens with zero attached hydrogens (tertiary/aromatic N) is 3. The second kappa shape index (κ2) is 4.93. The summed E-state index contributed by atoms with van der Waals surface area (Å²) in [6.45, 7) is 3.28. The van der Waals surface area contributed by atoms with E-state index in [1.54, 1.807) is 12.7 Å². The van der Waals surface area contributed by atoms with E-state index in [1.807, 2.05) is 4.68 Å². The van der Waals surface area contributed by atoms with Crippen molar-refractivity contribution in [3.63, 3.8) is 0 Å². The highest BCUT2D eigenvalue weighted by Crippen LogP contribution is 2.31. The zero-order valence-corrected chi connectivity index (χ0v) is 9.76. The summed E-state index contributed by atoms with van der Waals surface area (Å²) in [5, 5.41) is 16.9. The molecule has 5 heteroatoms. The lowest BCUT2D eigenvalue weighted by Crippen LogP contribution is -2.57. The first-order valence-corrected chi connectivity index (χ1v) is 5.95. The van der Waals surface area contributed by atoms with Gasteiger partial charge in [-0.1, -0.05) is 0 Å². The topological polar surface area (TPSA) is 63.0 Å². The van der Waals surface area contributed by atoms with Crippen LogP contribution in [0.3, 0.4) is 0 Å². The van der Waals surface area contributed by atoms with Crippen LogP contribution >= 0.6 is 0 Å². The van der Waals surface area contributed by atoms with Gasteiger partial charge in [0.2, 0.25) is 0 Å². The van der Waals surface area contributed by atoms with E-state index in [-0.39, 0.29) is 12.1 Å². The number of aromatic nitrogens is 3. The van der Waals surface area contributed by atoms with Crippen molar-refractivity contribution in [2.24, 2.45) is 0 Å². The number of aliphatic hydroxyl groups is 1. The fraction of sp³-hybridized carbons (Fsp3) is 0.818. The van der Waals surface area contributed by atoms with Crippen LogP contribution in [0.1, 0.15) is 32.6 Å². The van der Waals surface area contributed by atoms with E-state index in [0.29, 0.717) is 6.04 Å². The van der Waals surface area contributed by atoms with Crippen molar-refractivity contribution in [1.82, 2.24) is 20.1 Å². The first kappa shape index (κ1) is 11.5. The predicted octanol–water partition coefficient (Wildman–Crippen LogP) is 0.561. The van der Waals surface area contributed by atoms with Gasteiger partial charge in [-0.2, -0.15) is 5.10 Å². The molecular formula is C11H20N4O. The summed E-state index contributed by atoms with van der Waals surface area (Å²) in [5.41, 5.74) is 0.00177. The first-order chi connectivity index (χ1) is 7.74. The molecule has 1 aliphatic carbocycles. The number of aliphatic hydroxyl groups excluding tert-OH is 1. The van der Waals surface area contributed by atoms with Gasteiger partial charge < -0.3 is 10.4 Å². The third kappa shape index (κ3) is 2.59. The van der Waals surface area contributed by atoms with Gasteiger partial charge in [0.05, 0.1) is 6.61 Å². The van der Waals surface area contributed by atoms with Gasteiger partial charge in [-0.25, -0.2) is 4.98 Å². The van der Waals surface area contributed by atoms with Gasteiger partial charge in [0, 0.05) is 18.1 Å². The molecule has 2 rings (SSSR count). The van der Waals surface area contributed by atoms with Crippen LogP contribution in [-0.4, -0.2) is 38.1 Å². The van der Waals surface area contributed by atoms with Crippen molar-refractivity contribution in [1.29, 1.82) is 0 Å². The monoisotopic (exact) mass is 224 g/mol. The molecule has 0 saturated heterocycles. The number of hydrogen-bond acceptors (Lipinski definition) is 4. The molecule has 0 amide bonds. The summed E-state index contributed by atoms with van der Waals surface area (Å²) in [7, 11) is 0. The molecule has 1 aliphatic rings. The summed E-state index contributed by atoms with van der Waals surface area (Å²) in [6.07, 6.45) is 7.71. The Labute approximate surface area is 95.9 Å². The van der Waals surface area contributed by atoms with Gasteiger partial charge in [-0.05, 0) is 32.6 Å². The maximum atomic E-state index is 9.35. The van der Waals surface area contributed by atoms with Crippen molar-refractivity contribution < 1.29 is 5.11 Å². The number of hydrogen-bond donors (Lipinski definition) is 2. The molecule has 1 aromatic rings. The molecule has 1 unspecified atom stereocenters. The molecule has 2 N–H and O–H groups in total. The van der Waals surface area contributed by atoms with Crippen LogP contribution in [0.4, 0.5) is 0 Å². The second-order valence-corrected chi connectivity index (χ2v) is 4.78. The predicted molar refractivity (Wildman–Crippen MR) is 60.9 cm³/mol. The third-order valence-corrected chi connectivity index (χ3v) is 3.42. The van der Waals surface area contributed by atoms with E-state index in [9.17, 15) is 5.11 Å². The van der Waals surface area contributed by atoms with Gasteiger partial charge in [-0.15, -0.1) is 0 Å². The quantitative estimate of drug-likeness (QED) is 0.741. The Bertz CT molecular complexity index is 302. The average Bonchev–Trinajstić information content (AvgIpc) is 2.73. The largest absolute Gasteiger partial charge is 0.394 e. The Hall–Kier alpha value is -0.940. The summed E-state index contributed by atoms with van der Waals surface area (Å²) in [5.74, 6) is 0. The van der Waals surface area contributed by atoms with Crippen LogP contribution in [0.2, 0.25) is 0 Å². The molecule has 90 valence electrons. The molecule has 0 spiro atoms. The lowest BCUT2D eigenvalue weighted by Gasteiger charge is -2.43. The third-order valence-electron chi connectivity index (χ3n) is 3.42. The van der Waals surface area contributed by atoms with Crippen molar-refractivity contribution >= 4 is 0 Å². The molecule has 1 fully saturated rings. The van der Waals surface area contributed by atoms with Crippen LogP contribution in [-0.2, 0) is 6.54 Å². The van der Waals surface area contributed by atoms with Gasteiger partial charge >= 0.3 is 0 Å². The van der Waals surface area contributed by atoms with Crippen LogP contribution in [0.15, 0.2) is 12.7 Å². The number of nitrogens with one attached hydrogen (secondary N) is 1. The maximum Gasteiger partial charge on any atom is 0.137 e. The van der Waals surface area contributed by atoms with Gasteiger partial charge in [0.15, 0.2) is 0 Å². The number of aryl methyl sites for hydroxylation is 1. The summed E-state index contributed by atoms with van der Waals surface area (Å²) >= 11 is 0. The molecule has 16 heavy (non-hydrogen) atoms. The molecule has 1 aromatic heterocycles. The Kier molecular flexibility index (Phi) is 3.56. The van der Waals surface area contributed by atoms with Gasteiger partial charge in [0.1, 0.15) is 12.7 Å².